The number of carbonyl (C=O) groups is 2. The molecule has 0 unspecified atom stereocenters. The van der Waals surface area contributed by atoms with Crippen molar-refractivity contribution in [1.82, 2.24) is 10.8 Å². The van der Waals surface area contributed by atoms with Crippen molar-refractivity contribution in [3.05, 3.63) is 35.4 Å². The number of nitrogens with one attached hydrogen (secondary N) is 2. The van der Waals surface area contributed by atoms with Gasteiger partial charge in [-0.25, -0.2) is 5.48 Å². The lowest BCUT2D eigenvalue weighted by Gasteiger charge is -2.16. The summed E-state index contributed by atoms with van der Waals surface area (Å²) in [7, 11) is 0. The largest absolute Gasteiger partial charge is 0.481 e. The second kappa shape index (κ2) is 8.32. The van der Waals surface area contributed by atoms with Crippen molar-refractivity contribution < 1.29 is 30.1 Å². The molecule has 1 atom stereocenters. The zero-order valence-electron chi connectivity index (χ0n) is 11.2. The molecule has 0 aliphatic rings. The van der Waals surface area contributed by atoms with Crippen molar-refractivity contribution in [2.24, 2.45) is 0 Å². The lowest BCUT2D eigenvalue weighted by atomic mass is 10.1. The van der Waals surface area contributed by atoms with E-state index in [1.807, 2.05) is 0 Å². The van der Waals surface area contributed by atoms with E-state index in [0.717, 1.165) is 0 Å². The lowest BCUT2D eigenvalue weighted by Crippen LogP contribution is -2.43. The number of carboxylic acid groups (broad SMARTS) is 1. The van der Waals surface area contributed by atoms with Gasteiger partial charge >= 0.3 is 5.97 Å². The van der Waals surface area contributed by atoms with Crippen LogP contribution < -0.4 is 10.8 Å². The highest BCUT2D eigenvalue weighted by Crippen LogP contribution is 2.12. The summed E-state index contributed by atoms with van der Waals surface area (Å²) in [5, 5.41) is 38.2. The Morgan fingerprint density at radius 1 is 1.24 bits per heavy atom. The van der Waals surface area contributed by atoms with Gasteiger partial charge in [0.15, 0.2) is 6.29 Å². The maximum absolute atomic E-state index is 11.4. The molecule has 21 heavy (non-hydrogen) atoms. The fraction of sp³-hybridized carbons (Fsp3) is 0.385. The predicted molar refractivity (Wildman–Crippen MR) is 71.0 cm³/mol. The number of rotatable bonds is 8. The fourth-order valence-corrected chi connectivity index (χ4v) is 1.78. The highest BCUT2D eigenvalue weighted by atomic mass is 16.5. The number of aliphatic hydroxyl groups excluding tert-OH is 1. The minimum atomic E-state index is -1.59. The van der Waals surface area contributed by atoms with Crippen LogP contribution in [0.3, 0.4) is 0 Å². The van der Waals surface area contributed by atoms with Gasteiger partial charge < -0.3 is 20.6 Å². The van der Waals surface area contributed by atoms with Crippen LogP contribution in [0, 0.1) is 0 Å². The zero-order chi connectivity index (χ0) is 15.8. The quantitative estimate of drug-likeness (QED) is 0.216. The van der Waals surface area contributed by atoms with Crippen molar-refractivity contribution in [1.29, 1.82) is 0 Å². The molecule has 0 bridgehead atoms. The van der Waals surface area contributed by atoms with E-state index in [1.165, 1.54) is 11.5 Å². The number of amides is 1. The van der Waals surface area contributed by atoms with Gasteiger partial charge in [-0.3, -0.25) is 14.8 Å². The SMILES string of the molecule is O=C(O)CC[C@H](NCc1cccc(C(O)O)c1)C(=O)NO. The number of hydrogen-bond donors (Lipinski definition) is 6. The fourth-order valence-electron chi connectivity index (χ4n) is 1.78. The number of benzene rings is 1. The van der Waals surface area contributed by atoms with E-state index in [1.54, 1.807) is 18.2 Å². The summed E-state index contributed by atoms with van der Waals surface area (Å²) in [6.45, 7) is 0.207. The monoisotopic (exact) mass is 298 g/mol. The summed E-state index contributed by atoms with van der Waals surface area (Å²) in [5.74, 6) is -1.77. The number of aliphatic hydroxyl groups is 2. The smallest absolute Gasteiger partial charge is 0.303 e. The summed E-state index contributed by atoms with van der Waals surface area (Å²) < 4.78 is 0. The Labute approximate surface area is 121 Å². The lowest BCUT2D eigenvalue weighted by molar-refractivity contribution is -0.137. The molecule has 0 heterocycles. The van der Waals surface area contributed by atoms with E-state index >= 15 is 0 Å². The number of aliphatic carboxylic acids is 1. The third kappa shape index (κ3) is 5.88. The molecule has 8 nitrogen and oxygen atoms in total. The maximum Gasteiger partial charge on any atom is 0.303 e. The first kappa shape index (κ1) is 17.1. The van der Waals surface area contributed by atoms with E-state index < -0.39 is 24.2 Å². The average Bonchev–Trinajstić information content (AvgIpc) is 2.46. The van der Waals surface area contributed by atoms with Gasteiger partial charge in [0.25, 0.3) is 5.91 Å². The van der Waals surface area contributed by atoms with Crippen LogP contribution in [0.2, 0.25) is 0 Å². The summed E-state index contributed by atoms with van der Waals surface area (Å²) in [6, 6.07) is 5.56. The number of carbonyl (C=O) groups excluding carboxylic acids is 1. The molecule has 1 rings (SSSR count). The number of hydrogen-bond acceptors (Lipinski definition) is 6. The van der Waals surface area contributed by atoms with Crippen molar-refractivity contribution in [2.45, 2.75) is 31.7 Å². The molecule has 0 fully saturated rings. The molecule has 116 valence electrons. The third-order valence-corrected chi connectivity index (χ3v) is 2.88. The van der Waals surface area contributed by atoms with Crippen molar-refractivity contribution in [3.8, 4) is 0 Å². The first-order valence-electron chi connectivity index (χ1n) is 6.28. The number of carboxylic acids is 1. The van der Waals surface area contributed by atoms with Gasteiger partial charge in [-0.05, 0) is 18.1 Å². The van der Waals surface area contributed by atoms with Crippen LogP contribution in [-0.4, -0.2) is 38.4 Å². The topological polar surface area (TPSA) is 139 Å². The molecule has 6 N–H and O–H groups in total. The third-order valence-electron chi connectivity index (χ3n) is 2.88. The Morgan fingerprint density at radius 3 is 2.52 bits per heavy atom. The highest BCUT2D eigenvalue weighted by Gasteiger charge is 2.18. The normalized spacial score (nSPS) is 12.2. The summed E-state index contributed by atoms with van der Waals surface area (Å²) in [4.78, 5) is 22.0. The summed E-state index contributed by atoms with van der Waals surface area (Å²) in [5.41, 5.74) is 2.48. The van der Waals surface area contributed by atoms with Crippen molar-refractivity contribution in [3.63, 3.8) is 0 Å². The molecular formula is C13H18N2O6. The van der Waals surface area contributed by atoms with E-state index in [-0.39, 0.29) is 19.4 Å². The second-order valence-electron chi connectivity index (χ2n) is 4.46. The Hall–Kier alpha value is -2.00. The van der Waals surface area contributed by atoms with Crippen LogP contribution in [0.25, 0.3) is 0 Å². The Morgan fingerprint density at radius 2 is 1.95 bits per heavy atom. The zero-order valence-corrected chi connectivity index (χ0v) is 11.2. The second-order valence-corrected chi connectivity index (χ2v) is 4.46. The van der Waals surface area contributed by atoms with Gasteiger partial charge in [0, 0.05) is 18.5 Å². The van der Waals surface area contributed by atoms with E-state index in [4.69, 9.17) is 20.5 Å². The van der Waals surface area contributed by atoms with Gasteiger partial charge in [-0.1, -0.05) is 18.2 Å². The van der Waals surface area contributed by atoms with E-state index in [9.17, 15) is 9.59 Å². The van der Waals surface area contributed by atoms with Crippen molar-refractivity contribution >= 4 is 11.9 Å². The molecule has 0 spiro atoms. The Kier molecular flexibility index (Phi) is 6.76. The molecule has 0 saturated heterocycles. The van der Waals surface area contributed by atoms with Crippen molar-refractivity contribution in [2.75, 3.05) is 0 Å². The van der Waals surface area contributed by atoms with Gasteiger partial charge in [0.2, 0.25) is 0 Å². The summed E-state index contributed by atoms with van der Waals surface area (Å²) in [6.07, 6.45) is -1.79. The molecule has 0 aliphatic heterocycles. The van der Waals surface area contributed by atoms with Gasteiger partial charge in [0.1, 0.15) is 0 Å². The molecule has 0 aromatic heterocycles. The van der Waals surface area contributed by atoms with Gasteiger partial charge in [-0.15, -0.1) is 0 Å². The summed E-state index contributed by atoms with van der Waals surface area (Å²) >= 11 is 0. The van der Waals surface area contributed by atoms with E-state index in [0.29, 0.717) is 11.1 Å². The maximum atomic E-state index is 11.4. The molecule has 1 aromatic rings. The predicted octanol–water partition coefficient (Wildman–Crippen LogP) is -0.502. The van der Waals surface area contributed by atoms with Crippen LogP contribution in [0.1, 0.15) is 30.3 Å². The average molecular weight is 298 g/mol. The van der Waals surface area contributed by atoms with E-state index in [2.05, 4.69) is 5.32 Å². The molecule has 1 aromatic carbocycles. The molecule has 1 amide bonds. The Balaban J connectivity index is 2.65. The van der Waals surface area contributed by atoms with Crippen LogP contribution in [0.4, 0.5) is 0 Å². The minimum Gasteiger partial charge on any atom is -0.481 e. The molecule has 0 saturated carbocycles. The first-order valence-corrected chi connectivity index (χ1v) is 6.28. The van der Waals surface area contributed by atoms with Crippen LogP contribution >= 0.6 is 0 Å². The van der Waals surface area contributed by atoms with Gasteiger partial charge in [0.05, 0.1) is 6.04 Å². The molecule has 0 radical (unpaired) electrons. The number of hydroxylamine groups is 1. The van der Waals surface area contributed by atoms with Crippen LogP contribution in [0.15, 0.2) is 24.3 Å². The Bertz CT molecular complexity index is 491. The first-order chi connectivity index (χ1) is 9.93. The molecule has 8 heteroatoms. The van der Waals surface area contributed by atoms with Crippen LogP contribution in [-0.2, 0) is 16.1 Å². The van der Waals surface area contributed by atoms with Crippen LogP contribution in [0.5, 0.6) is 0 Å². The molecule has 0 aliphatic carbocycles. The standard InChI is InChI=1S/C13H18N2O6/c16-11(17)5-4-10(12(18)15-21)14-7-8-2-1-3-9(6-8)13(19)20/h1-3,6,10,13-14,19-21H,4-5,7H2,(H,15,18)(H,16,17)/t10-/m0/s1. The molecular weight excluding hydrogens is 280 g/mol. The highest BCUT2D eigenvalue weighted by molar-refractivity contribution is 5.81. The minimum absolute atomic E-state index is 0.0179. The van der Waals surface area contributed by atoms with Gasteiger partial charge in [-0.2, -0.15) is 0 Å².